The van der Waals surface area contributed by atoms with Crippen LogP contribution in [0.4, 0.5) is 5.69 Å². The van der Waals surface area contributed by atoms with Crippen LogP contribution in [0, 0.1) is 13.8 Å². The van der Waals surface area contributed by atoms with E-state index in [1.54, 1.807) is 25.1 Å². The Morgan fingerprint density at radius 1 is 0.968 bits per heavy atom. The second-order valence-corrected chi connectivity index (χ2v) is 7.08. The van der Waals surface area contributed by atoms with Gasteiger partial charge in [-0.25, -0.2) is 4.79 Å². The second-order valence-electron chi connectivity index (χ2n) is 6.67. The van der Waals surface area contributed by atoms with E-state index in [0.717, 1.165) is 5.56 Å². The lowest BCUT2D eigenvalue weighted by atomic mass is 10.1. The fourth-order valence-corrected chi connectivity index (χ4v) is 3.27. The molecule has 1 aromatic heterocycles. The number of fused-ring (bicyclic) bond motifs is 1. The van der Waals surface area contributed by atoms with Gasteiger partial charge in [-0.15, -0.1) is 0 Å². The summed E-state index contributed by atoms with van der Waals surface area (Å²) >= 11 is 6.30. The van der Waals surface area contributed by atoms with Crippen LogP contribution in [0.3, 0.4) is 0 Å². The van der Waals surface area contributed by atoms with Crippen LogP contribution in [0.1, 0.15) is 11.1 Å². The molecule has 3 rings (SSSR count). The van der Waals surface area contributed by atoms with Crippen LogP contribution in [-0.2, 0) is 4.79 Å². The molecule has 0 aliphatic rings. The smallest absolute Gasteiger partial charge is 0.339 e. The number of methoxy groups -OCH3 is 3. The Bertz CT molecular complexity index is 1180. The fourth-order valence-electron chi connectivity index (χ4n) is 3.05. The summed E-state index contributed by atoms with van der Waals surface area (Å²) < 4.78 is 26.7. The lowest BCUT2D eigenvalue weighted by molar-refractivity contribution is -0.118. The van der Waals surface area contributed by atoms with Crippen molar-refractivity contribution in [3.63, 3.8) is 0 Å². The standard InChI is InChI=1S/C22H22ClNO7/c1-11-12(2)22(26)31-16-9-17(15(23)8-14(11)16)30-10-20(25)24-13-6-18(27-3)21(29-5)19(7-13)28-4/h6-9H,10H2,1-5H3,(H,24,25). The largest absolute Gasteiger partial charge is 0.493 e. The lowest BCUT2D eigenvalue weighted by Gasteiger charge is -2.15. The lowest BCUT2D eigenvalue weighted by Crippen LogP contribution is -2.20. The van der Waals surface area contributed by atoms with Crippen molar-refractivity contribution < 1.29 is 28.2 Å². The normalized spacial score (nSPS) is 10.6. The molecular weight excluding hydrogens is 426 g/mol. The Labute approximate surface area is 183 Å². The van der Waals surface area contributed by atoms with Crippen molar-refractivity contribution in [2.45, 2.75) is 13.8 Å². The highest BCUT2D eigenvalue weighted by Crippen LogP contribution is 2.40. The van der Waals surface area contributed by atoms with E-state index < -0.39 is 11.5 Å². The number of benzene rings is 2. The van der Waals surface area contributed by atoms with Gasteiger partial charge in [0.1, 0.15) is 11.3 Å². The van der Waals surface area contributed by atoms with Crippen molar-refractivity contribution in [1.29, 1.82) is 0 Å². The Hall–Kier alpha value is -3.39. The maximum Gasteiger partial charge on any atom is 0.339 e. The number of halogens is 1. The Morgan fingerprint density at radius 2 is 1.61 bits per heavy atom. The van der Waals surface area contributed by atoms with Gasteiger partial charge < -0.3 is 28.7 Å². The van der Waals surface area contributed by atoms with Crippen LogP contribution in [0.25, 0.3) is 11.0 Å². The zero-order chi connectivity index (χ0) is 22.7. The Morgan fingerprint density at radius 3 is 2.19 bits per heavy atom. The van der Waals surface area contributed by atoms with E-state index >= 15 is 0 Å². The summed E-state index contributed by atoms with van der Waals surface area (Å²) in [6.45, 7) is 3.18. The highest BCUT2D eigenvalue weighted by atomic mass is 35.5. The van der Waals surface area contributed by atoms with E-state index in [2.05, 4.69) is 5.32 Å². The maximum absolute atomic E-state index is 12.4. The predicted octanol–water partition coefficient (Wildman–Crippen LogP) is 4.11. The van der Waals surface area contributed by atoms with E-state index in [1.165, 1.54) is 27.4 Å². The molecule has 3 aromatic rings. The minimum Gasteiger partial charge on any atom is -0.493 e. The minimum atomic E-state index is -0.438. The van der Waals surface area contributed by atoms with E-state index in [9.17, 15) is 9.59 Å². The molecule has 2 aromatic carbocycles. The molecule has 1 N–H and O–H groups in total. The number of hydrogen-bond acceptors (Lipinski definition) is 7. The van der Waals surface area contributed by atoms with Crippen LogP contribution < -0.4 is 29.9 Å². The molecule has 31 heavy (non-hydrogen) atoms. The zero-order valence-electron chi connectivity index (χ0n) is 17.8. The Kier molecular flexibility index (Phi) is 6.60. The quantitative estimate of drug-likeness (QED) is 0.544. The topological polar surface area (TPSA) is 96.2 Å². The van der Waals surface area contributed by atoms with E-state index in [4.69, 9.17) is 35.0 Å². The molecule has 0 radical (unpaired) electrons. The van der Waals surface area contributed by atoms with Crippen molar-refractivity contribution in [3.05, 3.63) is 50.8 Å². The van der Waals surface area contributed by atoms with Gasteiger partial charge in [0.15, 0.2) is 18.1 Å². The summed E-state index contributed by atoms with van der Waals surface area (Å²) in [5, 5.41) is 3.70. The molecule has 164 valence electrons. The van der Waals surface area contributed by atoms with Crippen LogP contribution in [0.15, 0.2) is 33.5 Å². The monoisotopic (exact) mass is 447 g/mol. The van der Waals surface area contributed by atoms with Crippen LogP contribution >= 0.6 is 11.6 Å². The number of anilines is 1. The molecule has 0 saturated heterocycles. The van der Waals surface area contributed by atoms with Crippen LogP contribution in [0.2, 0.25) is 5.02 Å². The van der Waals surface area contributed by atoms with Crippen molar-refractivity contribution in [3.8, 4) is 23.0 Å². The molecule has 0 fully saturated rings. The van der Waals surface area contributed by atoms with Gasteiger partial charge in [0.05, 0.1) is 26.4 Å². The van der Waals surface area contributed by atoms with Crippen LogP contribution in [0.5, 0.6) is 23.0 Å². The van der Waals surface area contributed by atoms with Gasteiger partial charge in [-0.2, -0.15) is 0 Å². The highest BCUT2D eigenvalue weighted by molar-refractivity contribution is 6.32. The average molecular weight is 448 g/mol. The molecule has 0 bridgehead atoms. The molecule has 1 heterocycles. The third-order valence-electron chi connectivity index (χ3n) is 4.82. The molecule has 0 spiro atoms. The van der Waals surface area contributed by atoms with Gasteiger partial charge in [-0.05, 0) is 25.5 Å². The zero-order valence-corrected chi connectivity index (χ0v) is 18.5. The molecule has 0 unspecified atom stereocenters. The summed E-state index contributed by atoms with van der Waals surface area (Å²) in [6, 6.07) is 6.34. The maximum atomic E-state index is 12.4. The molecule has 8 nitrogen and oxygen atoms in total. The van der Waals surface area contributed by atoms with Crippen LogP contribution in [-0.4, -0.2) is 33.8 Å². The number of hydrogen-bond donors (Lipinski definition) is 1. The molecule has 0 saturated carbocycles. The van der Waals surface area contributed by atoms with Gasteiger partial charge in [-0.3, -0.25) is 4.79 Å². The van der Waals surface area contributed by atoms with Gasteiger partial charge >= 0.3 is 5.63 Å². The fraction of sp³-hybridized carbons (Fsp3) is 0.273. The molecule has 0 atom stereocenters. The first-order valence-electron chi connectivity index (χ1n) is 9.25. The first-order valence-corrected chi connectivity index (χ1v) is 9.63. The number of ether oxygens (including phenoxy) is 4. The number of carbonyl (C=O) groups excluding carboxylic acids is 1. The minimum absolute atomic E-state index is 0.223. The molecule has 1 amide bonds. The van der Waals surface area contributed by atoms with Crippen molar-refractivity contribution in [2.24, 2.45) is 0 Å². The SMILES string of the molecule is COc1cc(NC(=O)COc2cc3oc(=O)c(C)c(C)c3cc2Cl)cc(OC)c1OC. The van der Waals surface area contributed by atoms with Crippen molar-refractivity contribution >= 4 is 34.2 Å². The molecule has 9 heteroatoms. The van der Waals surface area contributed by atoms with Gasteiger partial charge in [0, 0.05) is 34.8 Å². The molecule has 0 aliphatic heterocycles. The summed E-state index contributed by atoms with van der Waals surface area (Å²) in [5.74, 6) is 0.995. The number of carbonyl (C=O) groups is 1. The summed E-state index contributed by atoms with van der Waals surface area (Å²) in [4.78, 5) is 24.3. The van der Waals surface area contributed by atoms with E-state index in [-0.39, 0.29) is 12.4 Å². The van der Waals surface area contributed by atoms with Gasteiger partial charge in [0.2, 0.25) is 5.75 Å². The van der Waals surface area contributed by atoms with E-state index in [0.29, 0.717) is 44.5 Å². The Balaban J connectivity index is 1.78. The third-order valence-corrected chi connectivity index (χ3v) is 5.11. The number of aryl methyl sites for hydroxylation is 1. The highest BCUT2D eigenvalue weighted by Gasteiger charge is 2.16. The van der Waals surface area contributed by atoms with Gasteiger partial charge in [0.25, 0.3) is 5.91 Å². The number of amides is 1. The molecular formula is C22H22ClNO7. The summed E-state index contributed by atoms with van der Waals surface area (Å²) in [6.07, 6.45) is 0. The van der Waals surface area contributed by atoms with E-state index in [1.807, 2.05) is 6.92 Å². The van der Waals surface area contributed by atoms with Gasteiger partial charge in [-0.1, -0.05) is 11.6 Å². The second kappa shape index (κ2) is 9.18. The first kappa shape index (κ1) is 22.3. The third kappa shape index (κ3) is 4.54. The summed E-state index contributed by atoms with van der Waals surface area (Å²) in [7, 11) is 4.45. The van der Waals surface area contributed by atoms with Crippen molar-refractivity contribution in [2.75, 3.05) is 33.3 Å². The van der Waals surface area contributed by atoms with Crippen molar-refractivity contribution in [1.82, 2.24) is 0 Å². The molecule has 0 aliphatic carbocycles. The predicted molar refractivity (Wildman–Crippen MR) is 117 cm³/mol. The number of rotatable bonds is 7. The summed E-state index contributed by atoms with van der Waals surface area (Å²) in [5.41, 5.74) is 1.63. The average Bonchev–Trinajstić information content (AvgIpc) is 2.76. The first-order chi connectivity index (χ1) is 14.8. The number of nitrogens with one attached hydrogen (secondary N) is 1.